The summed E-state index contributed by atoms with van der Waals surface area (Å²) in [5.41, 5.74) is 7.14. The molecule has 0 radical (unpaired) electrons. The smallest absolute Gasteiger partial charge is 0.166 e. The van der Waals surface area contributed by atoms with Gasteiger partial charge >= 0.3 is 0 Å². The van der Waals surface area contributed by atoms with Crippen LogP contribution in [0.25, 0.3) is 11.1 Å². The Morgan fingerprint density at radius 1 is 1.00 bits per heavy atom. The summed E-state index contributed by atoms with van der Waals surface area (Å²) >= 11 is 0. The van der Waals surface area contributed by atoms with E-state index in [0.717, 1.165) is 12.0 Å². The predicted molar refractivity (Wildman–Crippen MR) is 78.6 cm³/mol. The van der Waals surface area contributed by atoms with Crippen molar-refractivity contribution in [2.24, 2.45) is 5.92 Å². The molecule has 1 nitrogen and oxygen atoms in total. The van der Waals surface area contributed by atoms with Crippen LogP contribution < -0.4 is 0 Å². The van der Waals surface area contributed by atoms with Gasteiger partial charge in [-0.1, -0.05) is 54.4 Å². The minimum atomic E-state index is 0.127. The van der Waals surface area contributed by atoms with Crippen LogP contribution in [0.2, 0.25) is 0 Å². The van der Waals surface area contributed by atoms with Crippen molar-refractivity contribution in [3.63, 3.8) is 0 Å². The zero-order chi connectivity index (χ0) is 13.6. The van der Waals surface area contributed by atoms with Crippen LogP contribution in [-0.4, -0.2) is 5.78 Å². The highest BCUT2D eigenvalue weighted by Gasteiger charge is 2.28. The molecule has 1 heteroatoms. The highest BCUT2D eigenvalue weighted by Crippen LogP contribution is 2.35. The summed E-state index contributed by atoms with van der Waals surface area (Å²) in [6, 6.07) is 12.7. The molecule has 0 bridgehead atoms. The van der Waals surface area contributed by atoms with E-state index in [0.29, 0.717) is 5.78 Å². The van der Waals surface area contributed by atoms with Crippen molar-refractivity contribution in [2.45, 2.75) is 27.2 Å². The van der Waals surface area contributed by atoms with E-state index in [9.17, 15) is 4.79 Å². The standard InChI is InChI=1S/C18H18O/c1-11-7-12(2)9-14(8-11)15-5-4-6-16-17(15)10-13(3)18(16)19/h4-9,13H,10H2,1-3H3. The molecule has 0 aromatic heterocycles. The number of ketones is 1. The van der Waals surface area contributed by atoms with Crippen LogP contribution in [0.4, 0.5) is 0 Å². The largest absolute Gasteiger partial charge is 0.294 e. The van der Waals surface area contributed by atoms with Crippen molar-refractivity contribution in [3.8, 4) is 11.1 Å². The van der Waals surface area contributed by atoms with Gasteiger partial charge in [0.05, 0.1) is 0 Å². The average Bonchev–Trinajstić information content (AvgIpc) is 2.64. The fraction of sp³-hybridized carbons (Fsp3) is 0.278. The van der Waals surface area contributed by atoms with Crippen LogP contribution in [0.1, 0.15) is 34.0 Å². The molecule has 0 heterocycles. The van der Waals surface area contributed by atoms with Gasteiger partial charge in [0.15, 0.2) is 5.78 Å². The molecule has 96 valence electrons. The third-order valence-electron chi connectivity index (χ3n) is 3.93. The molecular weight excluding hydrogens is 232 g/mol. The van der Waals surface area contributed by atoms with E-state index in [1.807, 2.05) is 19.1 Å². The molecule has 1 aliphatic carbocycles. The first-order valence-electron chi connectivity index (χ1n) is 6.81. The quantitative estimate of drug-likeness (QED) is 0.735. The Hall–Kier alpha value is -1.89. The fourth-order valence-corrected chi connectivity index (χ4v) is 3.10. The lowest BCUT2D eigenvalue weighted by Crippen LogP contribution is -2.02. The van der Waals surface area contributed by atoms with Crippen molar-refractivity contribution < 1.29 is 4.79 Å². The monoisotopic (exact) mass is 250 g/mol. The Kier molecular flexibility index (Phi) is 2.78. The Labute approximate surface area is 114 Å². The normalized spacial score (nSPS) is 17.6. The number of rotatable bonds is 1. The van der Waals surface area contributed by atoms with Gasteiger partial charge < -0.3 is 0 Å². The molecule has 0 saturated heterocycles. The third-order valence-corrected chi connectivity index (χ3v) is 3.93. The first kappa shape index (κ1) is 12.2. The van der Waals surface area contributed by atoms with Gasteiger partial charge in [-0.2, -0.15) is 0 Å². The molecule has 2 aromatic rings. The molecule has 3 rings (SSSR count). The Bertz CT molecular complexity index is 647. The molecule has 0 amide bonds. The Morgan fingerprint density at radius 2 is 1.63 bits per heavy atom. The SMILES string of the molecule is Cc1cc(C)cc(-c2cccc3c2CC(C)C3=O)c1. The highest BCUT2D eigenvalue weighted by molar-refractivity contribution is 6.03. The van der Waals surface area contributed by atoms with Gasteiger partial charge in [0.25, 0.3) is 0 Å². The molecule has 0 N–H and O–H groups in total. The molecule has 1 aliphatic rings. The molecule has 1 unspecified atom stereocenters. The summed E-state index contributed by atoms with van der Waals surface area (Å²) in [5.74, 6) is 0.420. The van der Waals surface area contributed by atoms with E-state index in [1.165, 1.54) is 27.8 Å². The first-order valence-corrected chi connectivity index (χ1v) is 6.81. The lowest BCUT2D eigenvalue weighted by molar-refractivity contribution is 0.0946. The molecular formula is C18H18O. The second kappa shape index (κ2) is 4.34. The molecule has 0 spiro atoms. The van der Waals surface area contributed by atoms with Crippen LogP contribution in [0.5, 0.6) is 0 Å². The zero-order valence-electron chi connectivity index (χ0n) is 11.7. The number of benzene rings is 2. The topological polar surface area (TPSA) is 17.1 Å². The van der Waals surface area contributed by atoms with Crippen LogP contribution in [0.15, 0.2) is 36.4 Å². The van der Waals surface area contributed by atoms with E-state index in [4.69, 9.17) is 0 Å². The summed E-state index contributed by atoms with van der Waals surface area (Å²) in [4.78, 5) is 12.1. The molecule has 0 aliphatic heterocycles. The number of carbonyl (C=O) groups excluding carboxylic acids is 1. The van der Waals surface area contributed by atoms with Gasteiger partial charge in [0, 0.05) is 11.5 Å². The fourth-order valence-electron chi connectivity index (χ4n) is 3.10. The van der Waals surface area contributed by atoms with Crippen LogP contribution >= 0.6 is 0 Å². The lowest BCUT2D eigenvalue weighted by Gasteiger charge is -2.10. The number of hydrogen-bond donors (Lipinski definition) is 0. The van der Waals surface area contributed by atoms with E-state index in [2.05, 4.69) is 38.1 Å². The highest BCUT2D eigenvalue weighted by atomic mass is 16.1. The average molecular weight is 250 g/mol. The predicted octanol–water partition coefficient (Wildman–Crippen LogP) is 4.35. The molecule has 19 heavy (non-hydrogen) atoms. The second-order valence-electron chi connectivity index (χ2n) is 5.68. The Balaban J connectivity index is 2.20. The van der Waals surface area contributed by atoms with Crippen molar-refractivity contribution in [1.29, 1.82) is 0 Å². The minimum Gasteiger partial charge on any atom is -0.294 e. The summed E-state index contributed by atoms with van der Waals surface area (Å²) < 4.78 is 0. The Morgan fingerprint density at radius 3 is 2.32 bits per heavy atom. The summed E-state index contributed by atoms with van der Waals surface area (Å²) in [5, 5.41) is 0. The van der Waals surface area contributed by atoms with Crippen molar-refractivity contribution in [1.82, 2.24) is 0 Å². The van der Waals surface area contributed by atoms with Crippen molar-refractivity contribution in [3.05, 3.63) is 58.7 Å². The van der Waals surface area contributed by atoms with E-state index < -0.39 is 0 Å². The maximum absolute atomic E-state index is 12.1. The number of hydrogen-bond acceptors (Lipinski definition) is 1. The molecule has 0 saturated carbocycles. The number of aryl methyl sites for hydroxylation is 2. The third kappa shape index (κ3) is 1.99. The second-order valence-corrected chi connectivity index (χ2v) is 5.68. The summed E-state index contributed by atoms with van der Waals surface area (Å²) in [6.45, 7) is 6.26. The zero-order valence-corrected chi connectivity index (χ0v) is 11.7. The first-order chi connectivity index (χ1) is 9.06. The van der Waals surface area contributed by atoms with Crippen molar-refractivity contribution >= 4 is 5.78 Å². The van der Waals surface area contributed by atoms with Gasteiger partial charge in [-0.3, -0.25) is 4.79 Å². The maximum Gasteiger partial charge on any atom is 0.166 e. The number of Topliss-reactive ketones (excluding diaryl/α,β-unsaturated/α-hetero) is 1. The lowest BCUT2D eigenvalue weighted by atomic mass is 9.94. The van der Waals surface area contributed by atoms with Gasteiger partial charge in [-0.25, -0.2) is 0 Å². The van der Waals surface area contributed by atoms with Gasteiger partial charge in [0.1, 0.15) is 0 Å². The molecule has 0 fully saturated rings. The van der Waals surface area contributed by atoms with Crippen molar-refractivity contribution in [2.75, 3.05) is 0 Å². The van der Waals surface area contributed by atoms with Gasteiger partial charge in [-0.05, 0) is 37.0 Å². The summed E-state index contributed by atoms with van der Waals surface area (Å²) in [7, 11) is 0. The van der Waals surface area contributed by atoms with Crippen LogP contribution in [-0.2, 0) is 6.42 Å². The summed E-state index contributed by atoms with van der Waals surface area (Å²) in [6.07, 6.45) is 0.872. The van der Waals surface area contributed by atoms with E-state index >= 15 is 0 Å². The van der Waals surface area contributed by atoms with Gasteiger partial charge in [-0.15, -0.1) is 0 Å². The molecule has 1 atom stereocenters. The van der Waals surface area contributed by atoms with E-state index in [-0.39, 0.29) is 5.92 Å². The minimum absolute atomic E-state index is 0.127. The molecule has 2 aromatic carbocycles. The van der Waals surface area contributed by atoms with Crippen LogP contribution in [0, 0.1) is 19.8 Å². The van der Waals surface area contributed by atoms with E-state index in [1.54, 1.807) is 0 Å². The van der Waals surface area contributed by atoms with Crippen LogP contribution in [0.3, 0.4) is 0 Å². The van der Waals surface area contributed by atoms with Gasteiger partial charge in [0.2, 0.25) is 0 Å². The number of carbonyl (C=O) groups is 1. The number of fused-ring (bicyclic) bond motifs is 1. The maximum atomic E-state index is 12.1.